The van der Waals surface area contributed by atoms with E-state index in [9.17, 15) is 10.1 Å². The summed E-state index contributed by atoms with van der Waals surface area (Å²) in [5.41, 5.74) is 1.08. The fourth-order valence-electron chi connectivity index (χ4n) is 0.872. The van der Waals surface area contributed by atoms with Gasteiger partial charge in [-0.2, -0.15) is 0 Å². The van der Waals surface area contributed by atoms with Crippen LogP contribution in [0, 0.1) is 10.1 Å². The Morgan fingerprint density at radius 2 is 1.69 bits per heavy atom. The molecule has 5 heteroatoms. The molecule has 0 radical (unpaired) electrons. The minimum absolute atomic E-state index is 0. The molecule has 5 nitrogen and oxygen atoms in total. The van der Waals surface area contributed by atoms with Crippen LogP contribution in [0.25, 0.3) is 0 Å². The largest absolute Gasteiger partial charge is 0.378 e. The van der Waals surface area contributed by atoms with E-state index in [2.05, 4.69) is 0 Å². The predicted molar refractivity (Wildman–Crippen MR) is 52.4 cm³/mol. The lowest BCUT2D eigenvalue weighted by Crippen LogP contribution is -2.08. The molecule has 0 aliphatic carbocycles. The zero-order valence-corrected chi connectivity index (χ0v) is 7.73. The molecule has 0 unspecified atom stereocenters. The molecule has 0 aliphatic heterocycles. The zero-order chi connectivity index (χ0) is 9.14. The molecular weight excluding hydrogens is 170 g/mol. The summed E-state index contributed by atoms with van der Waals surface area (Å²) in [4.78, 5) is 11.8. The Morgan fingerprint density at radius 3 is 2.00 bits per heavy atom. The predicted octanol–water partition coefficient (Wildman–Crippen LogP) is 1.82. The summed E-state index contributed by atoms with van der Waals surface area (Å²) in [6, 6.07) is 6.43. The van der Waals surface area contributed by atoms with Crippen LogP contribution in [0.4, 0.5) is 11.4 Å². The van der Waals surface area contributed by atoms with E-state index in [1.165, 1.54) is 12.1 Å². The molecule has 0 fully saturated rings. The van der Waals surface area contributed by atoms with Gasteiger partial charge in [0.05, 0.1) is 4.92 Å². The van der Waals surface area contributed by atoms with Crippen molar-refractivity contribution >= 4 is 11.4 Å². The molecule has 72 valence electrons. The van der Waals surface area contributed by atoms with Gasteiger partial charge in [-0.15, -0.1) is 0 Å². The number of anilines is 1. The monoisotopic (exact) mass is 183 g/mol. The molecule has 0 heterocycles. The van der Waals surface area contributed by atoms with Crippen molar-refractivity contribution in [3.8, 4) is 0 Å². The lowest BCUT2D eigenvalue weighted by molar-refractivity contribution is -0.384. The summed E-state index contributed by atoms with van der Waals surface area (Å²) in [6.45, 7) is 0. The number of hydrogen-bond donors (Lipinski definition) is 1. The van der Waals surface area contributed by atoms with Crippen LogP contribution in [0.2, 0.25) is 0 Å². The maximum absolute atomic E-state index is 10.3. The fourth-order valence-corrected chi connectivity index (χ4v) is 0.872. The highest BCUT2D eigenvalue weighted by Gasteiger charge is 2.03. The van der Waals surface area contributed by atoms with Crippen molar-refractivity contribution in [3.63, 3.8) is 0 Å². The van der Waals surface area contributed by atoms with E-state index in [1.54, 1.807) is 12.1 Å². The summed E-state index contributed by atoms with van der Waals surface area (Å²) in [5.74, 6) is 0. The SMILES string of the molecule is CN(C)c1ccc([N+](=O)[O-])cc1.N. The summed E-state index contributed by atoms with van der Waals surface area (Å²) in [6.07, 6.45) is 0. The summed E-state index contributed by atoms with van der Waals surface area (Å²) in [7, 11) is 3.78. The van der Waals surface area contributed by atoms with Crippen LogP contribution in [0.5, 0.6) is 0 Å². The normalized spacial score (nSPS) is 8.77. The second-order valence-corrected chi connectivity index (χ2v) is 2.67. The molecule has 0 saturated heterocycles. The number of nitrogens with zero attached hydrogens (tertiary/aromatic N) is 2. The van der Waals surface area contributed by atoms with Crippen molar-refractivity contribution in [1.29, 1.82) is 0 Å². The molecule has 1 rings (SSSR count). The van der Waals surface area contributed by atoms with Gasteiger partial charge in [0.2, 0.25) is 0 Å². The van der Waals surface area contributed by atoms with Crippen LogP contribution in [-0.4, -0.2) is 19.0 Å². The quantitative estimate of drug-likeness (QED) is 0.560. The van der Waals surface area contributed by atoms with Crippen molar-refractivity contribution in [2.24, 2.45) is 0 Å². The van der Waals surface area contributed by atoms with Gasteiger partial charge < -0.3 is 11.1 Å². The number of rotatable bonds is 2. The molecule has 13 heavy (non-hydrogen) atoms. The Morgan fingerprint density at radius 1 is 1.23 bits per heavy atom. The van der Waals surface area contributed by atoms with Gasteiger partial charge in [-0.25, -0.2) is 0 Å². The Balaban J connectivity index is 0.00000144. The number of hydrogen-bond acceptors (Lipinski definition) is 4. The van der Waals surface area contributed by atoms with Crippen molar-refractivity contribution in [2.45, 2.75) is 0 Å². The number of non-ortho nitro benzene ring substituents is 1. The van der Waals surface area contributed by atoms with E-state index in [0.717, 1.165) is 5.69 Å². The average molecular weight is 183 g/mol. The molecule has 0 spiro atoms. The lowest BCUT2D eigenvalue weighted by atomic mass is 10.3. The van der Waals surface area contributed by atoms with Crippen molar-refractivity contribution in [3.05, 3.63) is 34.4 Å². The minimum Gasteiger partial charge on any atom is -0.378 e. The lowest BCUT2D eigenvalue weighted by Gasteiger charge is -2.10. The first kappa shape index (κ1) is 11.4. The minimum atomic E-state index is -0.403. The first-order valence-electron chi connectivity index (χ1n) is 3.53. The number of nitro benzene ring substituents is 1. The van der Waals surface area contributed by atoms with Crippen molar-refractivity contribution < 1.29 is 4.92 Å². The highest BCUT2D eigenvalue weighted by molar-refractivity contribution is 5.49. The fraction of sp³-hybridized carbons (Fsp3) is 0.250. The first-order chi connectivity index (χ1) is 5.61. The highest BCUT2D eigenvalue weighted by atomic mass is 16.6. The molecular formula is C8H13N3O2. The second kappa shape index (κ2) is 4.42. The molecule has 0 atom stereocenters. The summed E-state index contributed by atoms with van der Waals surface area (Å²) >= 11 is 0. The van der Waals surface area contributed by atoms with E-state index in [-0.39, 0.29) is 11.8 Å². The Hall–Kier alpha value is -1.62. The molecule has 0 amide bonds. The third-order valence-corrected chi connectivity index (χ3v) is 1.58. The molecule has 1 aromatic rings. The van der Waals surface area contributed by atoms with Gasteiger partial charge in [0.25, 0.3) is 5.69 Å². The number of nitro groups is 1. The van der Waals surface area contributed by atoms with Gasteiger partial charge in [0, 0.05) is 31.9 Å². The van der Waals surface area contributed by atoms with Crippen LogP contribution in [-0.2, 0) is 0 Å². The third-order valence-electron chi connectivity index (χ3n) is 1.58. The topological polar surface area (TPSA) is 81.4 Å². The summed E-state index contributed by atoms with van der Waals surface area (Å²) in [5, 5.41) is 10.3. The zero-order valence-electron chi connectivity index (χ0n) is 7.73. The first-order valence-corrected chi connectivity index (χ1v) is 3.53. The van der Waals surface area contributed by atoms with Crippen molar-refractivity contribution in [2.75, 3.05) is 19.0 Å². The smallest absolute Gasteiger partial charge is 0.269 e. The number of benzene rings is 1. The van der Waals surface area contributed by atoms with Gasteiger partial charge in [-0.3, -0.25) is 10.1 Å². The summed E-state index contributed by atoms with van der Waals surface area (Å²) < 4.78 is 0. The molecule has 0 bridgehead atoms. The van der Waals surface area contributed by atoms with Gasteiger partial charge in [0.1, 0.15) is 0 Å². The molecule has 0 saturated carbocycles. The standard InChI is InChI=1S/C8H10N2O2.H3N/c1-9(2)7-3-5-8(6-4-7)10(11)12;/h3-6H,1-2H3;1H3. The third kappa shape index (κ3) is 2.72. The Labute approximate surface area is 76.7 Å². The van der Waals surface area contributed by atoms with E-state index >= 15 is 0 Å². The van der Waals surface area contributed by atoms with Crippen LogP contribution < -0.4 is 11.1 Å². The average Bonchev–Trinajstić information content (AvgIpc) is 2.04. The van der Waals surface area contributed by atoms with E-state index in [4.69, 9.17) is 0 Å². The Kier molecular flexibility index (Phi) is 3.87. The van der Waals surface area contributed by atoms with Gasteiger partial charge in [-0.1, -0.05) is 0 Å². The van der Waals surface area contributed by atoms with Crippen molar-refractivity contribution in [1.82, 2.24) is 6.15 Å². The van der Waals surface area contributed by atoms with Crippen LogP contribution in [0.15, 0.2) is 24.3 Å². The molecule has 3 N–H and O–H groups in total. The van der Waals surface area contributed by atoms with E-state index < -0.39 is 4.92 Å². The maximum Gasteiger partial charge on any atom is 0.269 e. The Bertz CT molecular complexity index is 282. The molecule has 0 aromatic heterocycles. The molecule has 1 aromatic carbocycles. The van der Waals surface area contributed by atoms with E-state index in [0.29, 0.717) is 0 Å². The van der Waals surface area contributed by atoms with Gasteiger partial charge >= 0.3 is 0 Å². The van der Waals surface area contributed by atoms with Crippen LogP contribution in [0.3, 0.4) is 0 Å². The van der Waals surface area contributed by atoms with Gasteiger partial charge in [0.15, 0.2) is 0 Å². The highest BCUT2D eigenvalue weighted by Crippen LogP contribution is 2.16. The van der Waals surface area contributed by atoms with Crippen LogP contribution >= 0.6 is 0 Å². The maximum atomic E-state index is 10.3. The molecule has 0 aliphatic rings. The van der Waals surface area contributed by atoms with Gasteiger partial charge in [-0.05, 0) is 12.1 Å². The second-order valence-electron chi connectivity index (χ2n) is 2.67. The van der Waals surface area contributed by atoms with Crippen LogP contribution in [0.1, 0.15) is 0 Å². The van der Waals surface area contributed by atoms with E-state index in [1.807, 2.05) is 19.0 Å².